The average molecular weight is 194 g/mol. The van der Waals surface area contributed by atoms with Gasteiger partial charge in [-0.1, -0.05) is 26.0 Å². The van der Waals surface area contributed by atoms with Gasteiger partial charge in [0, 0.05) is 6.54 Å². The molecule has 1 rings (SSSR count). The van der Waals surface area contributed by atoms with Crippen molar-refractivity contribution in [3.63, 3.8) is 0 Å². The fourth-order valence-electron chi connectivity index (χ4n) is 1.18. The van der Waals surface area contributed by atoms with Crippen LogP contribution in [0, 0.1) is 0 Å². The van der Waals surface area contributed by atoms with Gasteiger partial charge in [-0.25, -0.2) is 0 Å². The minimum atomic E-state index is 0.565. The monoisotopic (exact) mass is 194 g/mol. The van der Waals surface area contributed by atoms with E-state index >= 15 is 0 Å². The highest BCUT2D eigenvalue weighted by Crippen LogP contribution is 2.18. The molecule has 0 aliphatic carbocycles. The summed E-state index contributed by atoms with van der Waals surface area (Å²) in [6.07, 6.45) is 0. The molecule has 0 saturated heterocycles. The quantitative estimate of drug-likeness (QED) is 0.425. The number of nitrogens with one attached hydrogen (secondary N) is 1. The molecule has 0 spiro atoms. The third-order valence-corrected chi connectivity index (χ3v) is 2.06. The molecule has 0 unspecified atom stereocenters. The SMILES string of the molecule is CC(C)c1ccc(OCCNN)cc1. The van der Waals surface area contributed by atoms with Gasteiger partial charge < -0.3 is 4.74 Å². The van der Waals surface area contributed by atoms with Crippen LogP contribution >= 0.6 is 0 Å². The van der Waals surface area contributed by atoms with Crippen molar-refractivity contribution in [3.8, 4) is 5.75 Å². The lowest BCUT2D eigenvalue weighted by Gasteiger charge is -2.08. The molecule has 0 atom stereocenters. The summed E-state index contributed by atoms with van der Waals surface area (Å²) in [7, 11) is 0. The van der Waals surface area contributed by atoms with Gasteiger partial charge in [0.25, 0.3) is 0 Å². The Bertz CT molecular complexity index is 256. The van der Waals surface area contributed by atoms with Gasteiger partial charge in [-0.05, 0) is 23.6 Å². The first-order valence-corrected chi connectivity index (χ1v) is 4.90. The standard InChI is InChI=1S/C11H18N2O/c1-9(2)10-3-5-11(6-4-10)14-8-7-13-12/h3-6,9,13H,7-8,12H2,1-2H3. The maximum atomic E-state index is 5.44. The van der Waals surface area contributed by atoms with E-state index in [1.54, 1.807) is 0 Å². The molecule has 0 aromatic heterocycles. The molecule has 0 heterocycles. The molecule has 0 amide bonds. The molecule has 0 aliphatic rings. The largest absolute Gasteiger partial charge is 0.492 e. The summed E-state index contributed by atoms with van der Waals surface area (Å²) < 4.78 is 5.44. The molecule has 0 aliphatic heterocycles. The number of benzene rings is 1. The molecular formula is C11H18N2O. The lowest BCUT2D eigenvalue weighted by Crippen LogP contribution is -2.27. The lowest BCUT2D eigenvalue weighted by molar-refractivity contribution is 0.315. The topological polar surface area (TPSA) is 47.3 Å². The van der Waals surface area contributed by atoms with E-state index < -0.39 is 0 Å². The molecule has 14 heavy (non-hydrogen) atoms. The van der Waals surface area contributed by atoms with Crippen molar-refractivity contribution in [1.29, 1.82) is 0 Å². The van der Waals surface area contributed by atoms with Crippen LogP contribution in [0.3, 0.4) is 0 Å². The van der Waals surface area contributed by atoms with Crippen molar-refractivity contribution in [2.75, 3.05) is 13.2 Å². The minimum Gasteiger partial charge on any atom is -0.492 e. The summed E-state index contributed by atoms with van der Waals surface area (Å²) in [5.74, 6) is 6.58. The number of rotatable bonds is 5. The molecule has 0 saturated carbocycles. The average Bonchev–Trinajstić information content (AvgIpc) is 2.19. The van der Waals surface area contributed by atoms with Crippen LogP contribution in [-0.4, -0.2) is 13.2 Å². The zero-order valence-corrected chi connectivity index (χ0v) is 8.79. The Labute approximate surface area is 85.2 Å². The molecule has 3 nitrogen and oxygen atoms in total. The fourth-order valence-corrected chi connectivity index (χ4v) is 1.18. The van der Waals surface area contributed by atoms with E-state index in [-0.39, 0.29) is 0 Å². The predicted molar refractivity (Wildman–Crippen MR) is 58.2 cm³/mol. The summed E-state index contributed by atoms with van der Waals surface area (Å²) in [6, 6.07) is 8.17. The Morgan fingerprint density at radius 1 is 1.29 bits per heavy atom. The van der Waals surface area contributed by atoms with Crippen molar-refractivity contribution in [1.82, 2.24) is 5.43 Å². The summed E-state index contributed by atoms with van der Waals surface area (Å²) in [6.45, 7) is 5.60. The van der Waals surface area contributed by atoms with E-state index in [0.29, 0.717) is 19.1 Å². The molecule has 0 bridgehead atoms. The Hall–Kier alpha value is -1.06. The van der Waals surface area contributed by atoms with Crippen LogP contribution in [0.5, 0.6) is 5.75 Å². The summed E-state index contributed by atoms with van der Waals surface area (Å²) in [4.78, 5) is 0. The molecule has 0 radical (unpaired) electrons. The minimum absolute atomic E-state index is 0.565. The number of ether oxygens (including phenoxy) is 1. The highest BCUT2D eigenvalue weighted by atomic mass is 16.5. The van der Waals surface area contributed by atoms with Crippen molar-refractivity contribution in [3.05, 3.63) is 29.8 Å². The maximum Gasteiger partial charge on any atom is 0.119 e. The maximum absolute atomic E-state index is 5.44. The number of nitrogens with two attached hydrogens (primary N) is 1. The highest BCUT2D eigenvalue weighted by molar-refractivity contribution is 5.28. The highest BCUT2D eigenvalue weighted by Gasteiger charge is 1.98. The van der Waals surface area contributed by atoms with Crippen molar-refractivity contribution < 1.29 is 4.74 Å². The predicted octanol–water partition coefficient (Wildman–Crippen LogP) is 1.65. The second kappa shape index (κ2) is 5.62. The Morgan fingerprint density at radius 2 is 1.93 bits per heavy atom. The first kappa shape index (κ1) is 11.0. The van der Waals surface area contributed by atoms with Crippen LogP contribution in [0.25, 0.3) is 0 Å². The third kappa shape index (κ3) is 3.36. The van der Waals surface area contributed by atoms with E-state index in [0.717, 1.165) is 5.75 Å². The lowest BCUT2D eigenvalue weighted by atomic mass is 10.0. The Kier molecular flexibility index (Phi) is 4.43. The van der Waals surface area contributed by atoms with Crippen molar-refractivity contribution in [2.45, 2.75) is 19.8 Å². The second-order valence-electron chi connectivity index (χ2n) is 3.53. The van der Waals surface area contributed by atoms with E-state index in [1.165, 1.54) is 5.56 Å². The van der Waals surface area contributed by atoms with Gasteiger partial charge in [0.05, 0.1) is 0 Å². The summed E-state index contributed by atoms with van der Waals surface area (Å²) in [5.41, 5.74) is 3.87. The van der Waals surface area contributed by atoms with Crippen LogP contribution in [0.1, 0.15) is 25.3 Å². The van der Waals surface area contributed by atoms with Gasteiger partial charge in [-0.2, -0.15) is 0 Å². The molecule has 0 fully saturated rings. The van der Waals surface area contributed by atoms with Crippen LogP contribution in [0.4, 0.5) is 0 Å². The molecule has 1 aromatic rings. The van der Waals surface area contributed by atoms with Gasteiger partial charge in [0.1, 0.15) is 12.4 Å². The molecule has 1 aromatic carbocycles. The number of hydrogen-bond acceptors (Lipinski definition) is 3. The molecule has 3 N–H and O–H groups in total. The van der Waals surface area contributed by atoms with Gasteiger partial charge >= 0.3 is 0 Å². The normalized spacial score (nSPS) is 10.6. The number of hydrogen-bond donors (Lipinski definition) is 2. The third-order valence-electron chi connectivity index (χ3n) is 2.06. The number of hydrazine groups is 1. The zero-order valence-electron chi connectivity index (χ0n) is 8.79. The fraction of sp³-hybridized carbons (Fsp3) is 0.455. The van der Waals surface area contributed by atoms with Gasteiger partial charge in [0.15, 0.2) is 0 Å². The van der Waals surface area contributed by atoms with Crippen LogP contribution in [-0.2, 0) is 0 Å². The van der Waals surface area contributed by atoms with E-state index in [2.05, 4.69) is 31.4 Å². The molecule has 3 heteroatoms. The van der Waals surface area contributed by atoms with Gasteiger partial charge in [-0.3, -0.25) is 11.3 Å². The van der Waals surface area contributed by atoms with Crippen LogP contribution < -0.4 is 16.0 Å². The van der Waals surface area contributed by atoms with Gasteiger partial charge in [0.2, 0.25) is 0 Å². The van der Waals surface area contributed by atoms with Crippen molar-refractivity contribution in [2.24, 2.45) is 5.84 Å². The van der Waals surface area contributed by atoms with E-state index in [1.807, 2.05) is 12.1 Å². The molecular weight excluding hydrogens is 176 g/mol. The first-order valence-electron chi connectivity index (χ1n) is 4.90. The van der Waals surface area contributed by atoms with E-state index in [4.69, 9.17) is 10.6 Å². The summed E-state index contributed by atoms with van der Waals surface area (Å²) >= 11 is 0. The second-order valence-corrected chi connectivity index (χ2v) is 3.53. The van der Waals surface area contributed by atoms with Gasteiger partial charge in [-0.15, -0.1) is 0 Å². The zero-order chi connectivity index (χ0) is 10.4. The van der Waals surface area contributed by atoms with Crippen molar-refractivity contribution >= 4 is 0 Å². The first-order chi connectivity index (χ1) is 6.74. The molecule has 78 valence electrons. The smallest absolute Gasteiger partial charge is 0.119 e. The van der Waals surface area contributed by atoms with Crippen LogP contribution in [0.15, 0.2) is 24.3 Å². The van der Waals surface area contributed by atoms with E-state index in [9.17, 15) is 0 Å². The Balaban J connectivity index is 2.47. The van der Waals surface area contributed by atoms with Crippen LogP contribution in [0.2, 0.25) is 0 Å². The summed E-state index contributed by atoms with van der Waals surface area (Å²) in [5, 5.41) is 0. The Morgan fingerprint density at radius 3 is 2.43 bits per heavy atom.